The summed E-state index contributed by atoms with van der Waals surface area (Å²) in [6.07, 6.45) is 1.53. The van der Waals surface area contributed by atoms with Crippen LogP contribution in [0.2, 0.25) is 10.0 Å². The van der Waals surface area contributed by atoms with Crippen LogP contribution in [0.3, 0.4) is 0 Å². The summed E-state index contributed by atoms with van der Waals surface area (Å²) in [5.41, 5.74) is 5.44. The van der Waals surface area contributed by atoms with Gasteiger partial charge in [0.15, 0.2) is 0 Å². The van der Waals surface area contributed by atoms with Gasteiger partial charge in [-0.25, -0.2) is 5.43 Å². The van der Waals surface area contributed by atoms with E-state index < -0.39 is 0 Å². The van der Waals surface area contributed by atoms with Crippen LogP contribution in [-0.4, -0.2) is 47.5 Å². The number of benzene rings is 2. The van der Waals surface area contributed by atoms with Crippen molar-refractivity contribution in [3.8, 4) is 0 Å². The average Bonchev–Trinajstić information content (AvgIpc) is 2.78. The Morgan fingerprint density at radius 1 is 1.06 bits per heavy atom. The first-order chi connectivity index (χ1) is 15.5. The summed E-state index contributed by atoms with van der Waals surface area (Å²) in [4.78, 5) is 15.6. The van der Waals surface area contributed by atoms with Crippen molar-refractivity contribution in [2.75, 3.05) is 41.9 Å². The van der Waals surface area contributed by atoms with E-state index in [4.69, 9.17) is 27.9 Å². The molecule has 2 heterocycles. The van der Waals surface area contributed by atoms with E-state index in [2.05, 4.69) is 46.7 Å². The first-order valence-corrected chi connectivity index (χ1v) is 11.4. The molecule has 0 amide bonds. The van der Waals surface area contributed by atoms with Gasteiger partial charge in [-0.05, 0) is 52.7 Å². The standard InChI is InChI=1S/C21H20BrCl2N7O.ClH/c1-13-5-6-18(15(22)11-13)26-19-27-20(29-21(28-19)31-7-9-32-10-8-31)30-25-12-14-16(23)3-2-4-17(14)24;/h2-6,11-12H,7-10H2,1H3,(H2,26,27,28,29,30);1H. The minimum Gasteiger partial charge on any atom is -0.378 e. The Hall–Kier alpha value is -2.17. The number of aryl methyl sites for hydroxylation is 1. The van der Waals surface area contributed by atoms with Crippen molar-refractivity contribution >= 4 is 81.3 Å². The highest BCUT2D eigenvalue weighted by Crippen LogP contribution is 2.27. The molecule has 3 aromatic rings. The summed E-state index contributed by atoms with van der Waals surface area (Å²) in [7, 11) is 0. The zero-order chi connectivity index (χ0) is 22.5. The molecule has 2 aromatic carbocycles. The number of hydrogen-bond acceptors (Lipinski definition) is 8. The third kappa shape index (κ3) is 6.68. The fraction of sp³-hybridized carbons (Fsp3) is 0.238. The first-order valence-electron chi connectivity index (χ1n) is 9.84. The minimum absolute atomic E-state index is 0. The Morgan fingerprint density at radius 3 is 2.45 bits per heavy atom. The summed E-state index contributed by atoms with van der Waals surface area (Å²) in [5, 5.41) is 8.46. The molecule has 0 spiro atoms. The summed E-state index contributed by atoms with van der Waals surface area (Å²) in [6.45, 7) is 4.64. The van der Waals surface area contributed by atoms with Crippen LogP contribution in [-0.2, 0) is 4.74 Å². The molecule has 0 aliphatic carbocycles. The van der Waals surface area contributed by atoms with Gasteiger partial charge in [-0.1, -0.05) is 35.3 Å². The van der Waals surface area contributed by atoms with Crippen molar-refractivity contribution in [2.24, 2.45) is 5.10 Å². The Bertz CT molecular complexity index is 1120. The van der Waals surface area contributed by atoms with Crippen molar-refractivity contribution in [1.29, 1.82) is 0 Å². The number of halogens is 4. The maximum atomic E-state index is 6.20. The fourth-order valence-corrected chi connectivity index (χ4v) is 4.09. The predicted octanol–water partition coefficient (Wildman–Crippen LogP) is 5.70. The van der Waals surface area contributed by atoms with Crippen LogP contribution in [0, 0.1) is 6.92 Å². The number of hydrogen-bond donors (Lipinski definition) is 2. The Labute approximate surface area is 216 Å². The van der Waals surface area contributed by atoms with E-state index in [9.17, 15) is 0 Å². The van der Waals surface area contributed by atoms with Gasteiger partial charge in [0.25, 0.3) is 0 Å². The Balaban J connectivity index is 0.00000306. The average molecular weight is 574 g/mol. The van der Waals surface area contributed by atoms with Crippen LogP contribution in [0.25, 0.3) is 0 Å². The van der Waals surface area contributed by atoms with Crippen molar-refractivity contribution in [3.05, 3.63) is 62.0 Å². The molecule has 33 heavy (non-hydrogen) atoms. The summed E-state index contributed by atoms with van der Waals surface area (Å²) < 4.78 is 6.35. The molecule has 8 nitrogen and oxygen atoms in total. The third-order valence-corrected chi connectivity index (χ3v) is 5.96. The summed E-state index contributed by atoms with van der Waals surface area (Å²) in [5.74, 6) is 1.20. The van der Waals surface area contributed by atoms with E-state index in [1.807, 2.05) is 30.0 Å². The molecule has 0 radical (unpaired) electrons. The predicted molar refractivity (Wildman–Crippen MR) is 140 cm³/mol. The highest BCUT2D eigenvalue weighted by Gasteiger charge is 2.17. The van der Waals surface area contributed by atoms with E-state index in [0.29, 0.717) is 53.8 Å². The Kier molecular flexibility index (Phi) is 9.10. The third-order valence-electron chi connectivity index (χ3n) is 4.65. The van der Waals surface area contributed by atoms with Gasteiger partial charge in [-0.15, -0.1) is 12.4 Å². The molecule has 12 heteroatoms. The number of anilines is 4. The second-order valence-electron chi connectivity index (χ2n) is 7.00. The maximum Gasteiger partial charge on any atom is 0.250 e. The number of rotatable bonds is 6. The lowest BCUT2D eigenvalue weighted by Gasteiger charge is -2.27. The molecular formula is C21H21BrCl3N7O. The first kappa shape index (κ1) is 25.5. The van der Waals surface area contributed by atoms with Gasteiger partial charge in [0.05, 0.1) is 35.2 Å². The molecule has 0 saturated carbocycles. The van der Waals surface area contributed by atoms with Gasteiger partial charge in [0, 0.05) is 23.1 Å². The number of nitrogens with one attached hydrogen (secondary N) is 2. The lowest BCUT2D eigenvalue weighted by molar-refractivity contribution is 0.122. The molecule has 0 bridgehead atoms. The van der Waals surface area contributed by atoms with Crippen LogP contribution < -0.4 is 15.6 Å². The second kappa shape index (κ2) is 11.8. The van der Waals surface area contributed by atoms with Gasteiger partial charge in [0.2, 0.25) is 17.8 Å². The van der Waals surface area contributed by atoms with E-state index >= 15 is 0 Å². The molecule has 1 saturated heterocycles. The molecule has 174 valence electrons. The summed E-state index contributed by atoms with van der Waals surface area (Å²) in [6, 6.07) is 11.3. The molecule has 1 fully saturated rings. The lowest BCUT2D eigenvalue weighted by atomic mass is 10.2. The molecule has 4 rings (SSSR count). The van der Waals surface area contributed by atoms with E-state index in [1.54, 1.807) is 18.2 Å². The number of hydrazone groups is 1. The second-order valence-corrected chi connectivity index (χ2v) is 8.66. The molecule has 0 atom stereocenters. The van der Waals surface area contributed by atoms with Crippen LogP contribution in [0.5, 0.6) is 0 Å². The van der Waals surface area contributed by atoms with Gasteiger partial charge in [-0.2, -0.15) is 20.1 Å². The molecule has 1 aliphatic rings. The van der Waals surface area contributed by atoms with Crippen LogP contribution in [0.15, 0.2) is 46.0 Å². The van der Waals surface area contributed by atoms with Crippen molar-refractivity contribution in [1.82, 2.24) is 15.0 Å². The largest absolute Gasteiger partial charge is 0.378 e. The quantitative estimate of drug-likeness (QED) is 0.289. The molecule has 1 aromatic heterocycles. The lowest BCUT2D eigenvalue weighted by Crippen LogP contribution is -2.37. The maximum absolute atomic E-state index is 6.20. The van der Waals surface area contributed by atoms with Crippen molar-refractivity contribution < 1.29 is 4.74 Å². The Morgan fingerprint density at radius 2 is 1.76 bits per heavy atom. The molecule has 1 aliphatic heterocycles. The van der Waals surface area contributed by atoms with Crippen LogP contribution >= 0.6 is 51.5 Å². The van der Waals surface area contributed by atoms with Gasteiger partial charge >= 0.3 is 0 Å². The van der Waals surface area contributed by atoms with Crippen molar-refractivity contribution in [3.63, 3.8) is 0 Å². The fourth-order valence-electron chi connectivity index (χ4n) is 3.01. The topological polar surface area (TPSA) is 87.6 Å². The van der Waals surface area contributed by atoms with E-state index in [0.717, 1.165) is 15.7 Å². The smallest absolute Gasteiger partial charge is 0.250 e. The summed E-state index contributed by atoms with van der Waals surface area (Å²) >= 11 is 16.0. The minimum atomic E-state index is 0. The zero-order valence-corrected chi connectivity index (χ0v) is 21.5. The normalized spacial score (nSPS) is 13.6. The number of nitrogens with zero attached hydrogens (tertiary/aromatic N) is 5. The molecule has 2 N–H and O–H groups in total. The van der Waals surface area contributed by atoms with E-state index in [-0.39, 0.29) is 18.4 Å². The zero-order valence-electron chi connectivity index (χ0n) is 17.6. The molecular weight excluding hydrogens is 553 g/mol. The van der Waals surface area contributed by atoms with Crippen LogP contribution in [0.1, 0.15) is 11.1 Å². The van der Waals surface area contributed by atoms with E-state index in [1.165, 1.54) is 6.21 Å². The van der Waals surface area contributed by atoms with Gasteiger partial charge in [0.1, 0.15) is 0 Å². The van der Waals surface area contributed by atoms with Crippen LogP contribution in [0.4, 0.5) is 23.5 Å². The number of morpholine rings is 1. The van der Waals surface area contributed by atoms with Gasteiger partial charge in [-0.3, -0.25) is 0 Å². The number of aromatic nitrogens is 3. The SMILES string of the molecule is Cc1ccc(Nc2nc(NN=Cc3c(Cl)cccc3Cl)nc(N3CCOCC3)n2)c(Br)c1.Cl. The monoisotopic (exact) mass is 571 g/mol. The van der Waals surface area contributed by atoms with Gasteiger partial charge < -0.3 is 15.0 Å². The van der Waals surface area contributed by atoms with Crippen molar-refractivity contribution in [2.45, 2.75) is 6.92 Å². The molecule has 0 unspecified atom stereocenters. The highest BCUT2D eigenvalue weighted by atomic mass is 79.9. The number of ether oxygens (including phenoxy) is 1. The highest BCUT2D eigenvalue weighted by molar-refractivity contribution is 9.10.